The predicted octanol–water partition coefficient (Wildman–Crippen LogP) is 0.334. The Balaban J connectivity index is 1.55. The Labute approximate surface area is 163 Å². The first-order valence-corrected chi connectivity index (χ1v) is 10.2. The molecule has 2 saturated heterocycles. The van der Waals surface area contributed by atoms with Gasteiger partial charge >= 0.3 is 0 Å². The summed E-state index contributed by atoms with van der Waals surface area (Å²) in [6, 6.07) is 10.8. The Morgan fingerprint density at radius 3 is 2.56 bits per heavy atom. The van der Waals surface area contributed by atoms with Crippen molar-refractivity contribution in [1.29, 1.82) is 0 Å². The fourth-order valence-corrected chi connectivity index (χ4v) is 4.28. The second kappa shape index (κ2) is 9.96. The van der Waals surface area contributed by atoms with Crippen molar-refractivity contribution in [3.63, 3.8) is 0 Å². The van der Waals surface area contributed by atoms with E-state index in [1.165, 1.54) is 5.56 Å². The second-order valence-electron chi connectivity index (χ2n) is 8.08. The zero-order chi connectivity index (χ0) is 19.2. The number of likely N-dealkylation sites (tertiary alicyclic amines) is 1. The largest absolute Gasteiger partial charge is 0.394 e. The molecule has 2 aliphatic heterocycles. The van der Waals surface area contributed by atoms with Crippen LogP contribution in [-0.2, 0) is 11.2 Å². The molecule has 6 nitrogen and oxygen atoms in total. The predicted molar refractivity (Wildman–Crippen MR) is 107 cm³/mol. The molecular weight excluding hydrogens is 342 g/mol. The van der Waals surface area contributed by atoms with Gasteiger partial charge in [-0.15, -0.1) is 0 Å². The molecule has 0 aliphatic carbocycles. The summed E-state index contributed by atoms with van der Waals surface area (Å²) in [6.07, 6.45) is 1.93. The van der Waals surface area contributed by atoms with Gasteiger partial charge in [0.05, 0.1) is 18.8 Å². The molecule has 0 saturated carbocycles. The molecule has 1 aromatic carbocycles. The van der Waals surface area contributed by atoms with Crippen LogP contribution in [0.2, 0.25) is 0 Å². The van der Waals surface area contributed by atoms with Crippen LogP contribution in [0.5, 0.6) is 0 Å². The number of piperidine rings is 1. The van der Waals surface area contributed by atoms with Crippen LogP contribution >= 0.6 is 0 Å². The summed E-state index contributed by atoms with van der Waals surface area (Å²) in [7, 11) is 4.21. The van der Waals surface area contributed by atoms with E-state index in [1.54, 1.807) is 0 Å². The highest BCUT2D eigenvalue weighted by Gasteiger charge is 2.45. The second-order valence-corrected chi connectivity index (χ2v) is 8.08. The molecule has 2 aliphatic rings. The van der Waals surface area contributed by atoms with Gasteiger partial charge in [0.25, 0.3) is 0 Å². The van der Waals surface area contributed by atoms with E-state index in [4.69, 9.17) is 4.74 Å². The molecule has 3 rings (SSSR count). The first-order valence-electron chi connectivity index (χ1n) is 10.2. The number of nitrogens with one attached hydrogen (secondary N) is 1. The molecular formula is C21H35N3O3. The minimum atomic E-state index is -0.667. The normalized spacial score (nSPS) is 30.3. The summed E-state index contributed by atoms with van der Waals surface area (Å²) in [5.41, 5.74) is 1.29. The van der Waals surface area contributed by atoms with Crippen LogP contribution in [0.25, 0.3) is 0 Å². The standard InChI is InChI=1S/C21H35N3O3/c1-23-11-9-17(10-12-23)22-14-18-20(21(26)19(15-25)27-18)24(2)13-8-16-6-4-3-5-7-16/h3-7,17-22,25-26H,8-15H2,1-2H3/t18-,19-,20-,21+/m0/s1. The average Bonchev–Trinajstić information content (AvgIpc) is 3.02. The Morgan fingerprint density at radius 2 is 1.89 bits per heavy atom. The van der Waals surface area contributed by atoms with Crippen molar-refractivity contribution in [2.75, 3.05) is 46.9 Å². The van der Waals surface area contributed by atoms with E-state index >= 15 is 0 Å². The van der Waals surface area contributed by atoms with Crippen LogP contribution in [0.4, 0.5) is 0 Å². The van der Waals surface area contributed by atoms with Gasteiger partial charge in [-0.3, -0.25) is 4.90 Å². The lowest BCUT2D eigenvalue weighted by Crippen LogP contribution is -2.51. The van der Waals surface area contributed by atoms with Crippen LogP contribution < -0.4 is 5.32 Å². The quantitative estimate of drug-likeness (QED) is 0.607. The number of nitrogens with zero attached hydrogens (tertiary/aromatic N) is 2. The monoisotopic (exact) mass is 377 g/mol. The lowest BCUT2D eigenvalue weighted by molar-refractivity contribution is -0.0221. The number of likely N-dealkylation sites (N-methyl/N-ethyl adjacent to an activating group) is 1. The van der Waals surface area contributed by atoms with Crippen LogP contribution in [0.15, 0.2) is 30.3 Å². The lowest BCUT2D eigenvalue weighted by Gasteiger charge is -2.33. The van der Waals surface area contributed by atoms with Crippen molar-refractivity contribution >= 4 is 0 Å². The van der Waals surface area contributed by atoms with Gasteiger partial charge < -0.3 is 25.2 Å². The van der Waals surface area contributed by atoms with Crippen LogP contribution in [0.1, 0.15) is 18.4 Å². The van der Waals surface area contributed by atoms with Gasteiger partial charge in [0.15, 0.2) is 0 Å². The SMILES string of the molecule is CN1CCC(NC[C@@H]2O[C@@H](CO)[C@@H](O)[C@H]2N(C)CCc2ccccc2)CC1. The maximum absolute atomic E-state index is 10.7. The van der Waals surface area contributed by atoms with Crippen molar-refractivity contribution in [2.24, 2.45) is 0 Å². The van der Waals surface area contributed by atoms with Crippen LogP contribution in [0, 0.1) is 0 Å². The van der Waals surface area contributed by atoms with E-state index in [-0.39, 0.29) is 18.8 Å². The Bertz CT molecular complexity index is 551. The molecule has 2 fully saturated rings. The highest BCUT2D eigenvalue weighted by Crippen LogP contribution is 2.25. The Hall–Kier alpha value is -1.02. The van der Waals surface area contributed by atoms with Gasteiger partial charge in [-0.05, 0) is 52.0 Å². The minimum absolute atomic E-state index is 0.107. The van der Waals surface area contributed by atoms with E-state index < -0.39 is 12.2 Å². The van der Waals surface area contributed by atoms with Gasteiger partial charge in [-0.1, -0.05) is 30.3 Å². The third-order valence-corrected chi connectivity index (χ3v) is 6.07. The third-order valence-electron chi connectivity index (χ3n) is 6.07. The molecule has 0 aromatic heterocycles. The van der Waals surface area contributed by atoms with Crippen LogP contribution in [0.3, 0.4) is 0 Å². The molecule has 0 bridgehead atoms. The maximum Gasteiger partial charge on any atom is 0.109 e. The van der Waals surface area contributed by atoms with E-state index in [2.05, 4.69) is 46.4 Å². The minimum Gasteiger partial charge on any atom is -0.394 e. The summed E-state index contributed by atoms with van der Waals surface area (Å²) in [5, 5.41) is 23.9. The molecule has 0 spiro atoms. The van der Waals surface area contributed by atoms with Crippen molar-refractivity contribution in [1.82, 2.24) is 15.1 Å². The molecule has 6 heteroatoms. The van der Waals surface area contributed by atoms with E-state index in [0.29, 0.717) is 12.6 Å². The number of ether oxygens (including phenoxy) is 1. The van der Waals surface area contributed by atoms with Crippen molar-refractivity contribution in [3.05, 3.63) is 35.9 Å². The Morgan fingerprint density at radius 1 is 1.19 bits per heavy atom. The number of hydrogen-bond acceptors (Lipinski definition) is 6. The molecule has 1 aromatic rings. The zero-order valence-electron chi connectivity index (χ0n) is 16.6. The summed E-state index contributed by atoms with van der Waals surface area (Å²) in [6.45, 7) is 3.64. The number of rotatable bonds is 8. The molecule has 3 N–H and O–H groups in total. The molecule has 27 heavy (non-hydrogen) atoms. The summed E-state index contributed by atoms with van der Waals surface area (Å²) in [5.74, 6) is 0. The molecule has 0 unspecified atom stereocenters. The fourth-order valence-electron chi connectivity index (χ4n) is 4.28. The van der Waals surface area contributed by atoms with Gasteiger partial charge in [0.2, 0.25) is 0 Å². The zero-order valence-corrected chi connectivity index (χ0v) is 16.6. The number of hydrogen-bond donors (Lipinski definition) is 3. The highest BCUT2D eigenvalue weighted by atomic mass is 16.5. The lowest BCUT2D eigenvalue weighted by atomic mass is 10.0. The van der Waals surface area contributed by atoms with E-state index in [0.717, 1.165) is 38.9 Å². The average molecular weight is 378 g/mol. The first kappa shape index (κ1) is 20.7. The summed E-state index contributed by atoms with van der Waals surface area (Å²) >= 11 is 0. The number of aliphatic hydroxyl groups excluding tert-OH is 2. The smallest absolute Gasteiger partial charge is 0.109 e. The number of aliphatic hydroxyl groups is 2. The summed E-state index contributed by atoms with van der Waals surface area (Å²) < 4.78 is 6.01. The maximum atomic E-state index is 10.7. The van der Waals surface area contributed by atoms with E-state index in [9.17, 15) is 10.2 Å². The molecule has 4 atom stereocenters. The molecule has 0 radical (unpaired) electrons. The summed E-state index contributed by atoms with van der Waals surface area (Å²) in [4.78, 5) is 4.55. The van der Waals surface area contributed by atoms with Crippen molar-refractivity contribution in [3.8, 4) is 0 Å². The topological polar surface area (TPSA) is 68.2 Å². The number of benzene rings is 1. The van der Waals surface area contributed by atoms with Gasteiger partial charge in [0, 0.05) is 19.1 Å². The van der Waals surface area contributed by atoms with Gasteiger partial charge in [-0.25, -0.2) is 0 Å². The van der Waals surface area contributed by atoms with Crippen molar-refractivity contribution in [2.45, 2.75) is 49.7 Å². The Kier molecular flexibility index (Phi) is 7.64. The van der Waals surface area contributed by atoms with E-state index in [1.807, 2.05) is 13.1 Å². The molecule has 152 valence electrons. The molecule has 0 amide bonds. The molecule has 2 heterocycles. The first-order chi connectivity index (χ1) is 13.1. The third kappa shape index (κ3) is 5.50. The van der Waals surface area contributed by atoms with Crippen LogP contribution in [-0.4, -0.2) is 97.3 Å². The van der Waals surface area contributed by atoms with Crippen molar-refractivity contribution < 1.29 is 14.9 Å². The highest BCUT2D eigenvalue weighted by molar-refractivity contribution is 5.15. The fraction of sp³-hybridized carbons (Fsp3) is 0.714. The van der Waals surface area contributed by atoms with Gasteiger partial charge in [0.1, 0.15) is 12.2 Å². The van der Waals surface area contributed by atoms with Gasteiger partial charge in [-0.2, -0.15) is 0 Å².